The summed E-state index contributed by atoms with van der Waals surface area (Å²) in [4.78, 5) is 11.6. The first-order valence-corrected chi connectivity index (χ1v) is 10.5. The normalized spacial score (nSPS) is 18.9. The average Bonchev–Trinajstić information content (AvgIpc) is 3.20. The number of rotatable bonds is 5. The van der Waals surface area contributed by atoms with Crippen molar-refractivity contribution < 1.29 is 0 Å². The van der Waals surface area contributed by atoms with Crippen LogP contribution in [-0.4, -0.2) is 31.1 Å². The van der Waals surface area contributed by atoms with Crippen LogP contribution >= 0.6 is 12.2 Å². The van der Waals surface area contributed by atoms with E-state index in [4.69, 9.17) is 12.2 Å². The molecule has 29 heavy (non-hydrogen) atoms. The highest BCUT2D eigenvalue weighted by atomic mass is 32.1. The summed E-state index contributed by atoms with van der Waals surface area (Å²) in [6.45, 7) is 9.46. The van der Waals surface area contributed by atoms with Crippen molar-refractivity contribution in [1.29, 1.82) is 0 Å². The fourth-order valence-corrected chi connectivity index (χ4v) is 4.59. The Morgan fingerprint density at radius 3 is 2.59 bits per heavy atom. The molecule has 0 spiro atoms. The standard InChI is InChI=1S/C23H27N5S/c1-5-12-27-22(21(26-23(27)29)19-8-6-7-11-24-19)18-13-16(3)28(17(18)4)20-10-9-15(2)14-25-20/h6-11,13-14,21-22H,5,12H2,1-4H3,(H,26,29)/t21-,22-/m0/s1. The van der Waals surface area contributed by atoms with Crippen LogP contribution in [0.1, 0.15) is 53.6 Å². The molecule has 5 nitrogen and oxygen atoms in total. The quantitative estimate of drug-likeness (QED) is 0.630. The minimum absolute atomic E-state index is 0.0233. The van der Waals surface area contributed by atoms with E-state index in [2.05, 4.69) is 76.7 Å². The van der Waals surface area contributed by atoms with E-state index in [-0.39, 0.29) is 12.1 Å². The molecule has 1 N–H and O–H groups in total. The maximum Gasteiger partial charge on any atom is 0.170 e. The van der Waals surface area contributed by atoms with E-state index in [0.717, 1.165) is 35.2 Å². The summed E-state index contributed by atoms with van der Waals surface area (Å²) < 4.78 is 2.23. The lowest BCUT2D eigenvalue weighted by Crippen LogP contribution is -2.30. The van der Waals surface area contributed by atoms with Crippen LogP contribution in [0.2, 0.25) is 0 Å². The van der Waals surface area contributed by atoms with Crippen molar-refractivity contribution >= 4 is 17.3 Å². The first kappa shape index (κ1) is 19.6. The summed E-state index contributed by atoms with van der Waals surface area (Å²) >= 11 is 5.72. The van der Waals surface area contributed by atoms with Crippen molar-refractivity contribution in [2.75, 3.05) is 6.54 Å². The summed E-state index contributed by atoms with van der Waals surface area (Å²) in [6.07, 6.45) is 4.80. The molecule has 3 aromatic rings. The van der Waals surface area contributed by atoms with Gasteiger partial charge in [-0.2, -0.15) is 0 Å². The Labute approximate surface area is 177 Å². The number of hydrogen-bond donors (Lipinski definition) is 1. The second kappa shape index (κ2) is 7.95. The van der Waals surface area contributed by atoms with Gasteiger partial charge in [-0.3, -0.25) is 4.98 Å². The summed E-state index contributed by atoms with van der Waals surface area (Å²) in [5.41, 5.74) is 5.80. The summed E-state index contributed by atoms with van der Waals surface area (Å²) in [6, 6.07) is 12.6. The minimum Gasteiger partial charge on any atom is -0.352 e. The molecule has 150 valence electrons. The number of nitrogens with one attached hydrogen (secondary N) is 1. The zero-order valence-electron chi connectivity index (χ0n) is 17.4. The third-order valence-corrected chi connectivity index (χ3v) is 5.93. The van der Waals surface area contributed by atoms with Gasteiger partial charge in [0.05, 0.1) is 17.8 Å². The van der Waals surface area contributed by atoms with E-state index in [1.165, 1.54) is 17.0 Å². The molecular weight excluding hydrogens is 378 g/mol. The maximum atomic E-state index is 5.72. The number of thiocarbonyl (C=S) groups is 1. The molecule has 0 aliphatic carbocycles. The molecule has 0 saturated carbocycles. The molecule has 4 rings (SSSR count). The molecule has 6 heteroatoms. The smallest absolute Gasteiger partial charge is 0.170 e. The van der Waals surface area contributed by atoms with Crippen LogP contribution in [0.5, 0.6) is 0 Å². The fraction of sp³-hybridized carbons (Fsp3) is 0.348. The Balaban J connectivity index is 1.82. The molecule has 1 fully saturated rings. The average molecular weight is 406 g/mol. The summed E-state index contributed by atoms with van der Waals surface area (Å²) in [5.74, 6) is 0.946. The Morgan fingerprint density at radius 1 is 1.10 bits per heavy atom. The van der Waals surface area contributed by atoms with Crippen LogP contribution in [0.3, 0.4) is 0 Å². The monoisotopic (exact) mass is 405 g/mol. The molecule has 2 atom stereocenters. The molecule has 1 aliphatic heterocycles. The SMILES string of the molecule is CCCN1C(=S)N[C@@H](c2ccccn2)[C@@H]1c1cc(C)n(-c2ccc(C)cn2)c1C. The van der Waals surface area contributed by atoms with Crippen molar-refractivity contribution in [2.24, 2.45) is 0 Å². The van der Waals surface area contributed by atoms with E-state index in [0.29, 0.717) is 0 Å². The predicted molar refractivity (Wildman–Crippen MR) is 120 cm³/mol. The lowest BCUT2D eigenvalue weighted by atomic mass is 9.96. The highest BCUT2D eigenvalue weighted by Crippen LogP contribution is 2.41. The molecule has 0 amide bonds. The van der Waals surface area contributed by atoms with Gasteiger partial charge in [-0.15, -0.1) is 0 Å². The van der Waals surface area contributed by atoms with Gasteiger partial charge < -0.3 is 14.8 Å². The van der Waals surface area contributed by atoms with Crippen LogP contribution in [0.25, 0.3) is 5.82 Å². The van der Waals surface area contributed by atoms with Crippen LogP contribution in [0, 0.1) is 20.8 Å². The fourth-order valence-electron chi connectivity index (χ4n) is 4.26. The van der Waals surface area contributed by atoms with Gasteiger partial charge in [0.15, 0.2) is 5.11 Å². The number of aryl methyl sites for hydroxylation is 2. The zero-order chi connectivity index (χ0) is 20.5. The number of hydrogen-bond acceptors (Lipinski definition) is 3. The van der Waals surface area contributed by atoms with Gasteiger partial charge in [-0.1, -0.05) is 19.1 Å². The Morgan fingerprint density at radius 2 is 1.93 bits per heavy atom. The van der Waals surface area contributed by atoms with Gasteiger partial charge in [0.1, 0.15) is 5.82 Å². The number of aromatic nitrogens is 3. The highest BCUT2D eigenvalue weighted by Gasteiger charge is 2.40. The molecule has 0 radical (unpaired) electrons. The van der Waals surface area contributed by atoms with Gasteiger partial charge in [0.25, 0.3) is 0 Å². The Kier molecular flexibility index (Phi) is 5.37. The van der Waals surface area contributed by atoms with E-state index < -0.39 is 0 Å². The van der Waals surface area contributed by atoms with Crippen molar-refractivity contribution in [3.63, 3.8) is 0 Å². The van der Waals surface area contributed by atoms with Crippen LogP contribution in [0.4, 0.5) is 0 Å². The van der Waals surface area contributed by atoms with Crippen LogP contribution < -0.4 is 5.32 Å². The highest BCUT2D eigenvalue weighted by molar-refractivity contribution is 7.80. The van der Waals surface area contributed by atoms with Crippen LogP contribution in [0.15, 0.2) is 48.8 Å². The Bertz CT molecular complexity index is 1010. The zero-order valence-corrected chi connectivity index (χ0v) is 18.2. The largest absolute Gasteiger partial charge is 0.352 e. The number of nitrogens with zero attached hydrogens (tertiary/aromatic N) is 4. The third-order valence-electron chi connectivity index (χ3n) is 5.58. The lowest BCUT2D eigenvalue weighted by Gasteiger charge is -2.27. The molecule has 3 aromatic heterocycles. The van der Waals surface area contributed by atoms with Crippen molar-refractivity contribution in [3.05, 3.63) is 77.0 Å². The minimum atomic E-state index is 0.0233. The topological polar surface area (TPSA) is 46.0 Å². The lowest BCUT2D eigenvalue weighted by molar-refractivity contribution is 0.316. The van der Waals surface area contributed by atoms with Gasteiger partial charge >= 0.3 is 0 Å². The van der Waals surface area contributed by atoms with Gasteiger partial charge in [-0.25, -0.2) is 4.98 Å². The van der Waals surface area contributed by atoms with E-state index >= 15 is 0 Å². The molecule has 0 bridgehead atoms. The summed E-state index contributed by atoms with van der Waals surface area (Å²) in [7, 11) is 0. The van der Waals surface area contributed by atoms with Crippen molar-refractivity contribution in [1.82, 2.24) is 24.8 Å². The first-order chi connectivity index (χ1) is 14.0. The molecule has 1 aliphatic rings. The number of pyridine rings is 2. The first-order valence-electron chi connectivity index (χ1n) is 10.1. The molecule has 1 saturated heterocycles. The predicted octanol–water partition coefficient (Wildman–Crippen LogP) is 4.58. The molecule has 0 aromatic carbocycles. The van der Waals surface area contributed by atoms with Gasteiger partial charge in [-0.05, 0) is 74.8 Å². The second-order valence-corrected chi connectivity index (χ2v) is 8.06. The van der Waals surface area contributed by atoms with Crippen molar-refractivity contribution in [2.45, 2.75) is 46.2 Å². The molecule has 0 unspecified atom stereocenters. The van der Waals surface area contributed by atoms with Gasteiger partial charge in [0.2, 0.25) is 0 Å². The van der Waals surface area contributed by atoms with E-state index in [9.17, 15) is 0 Å². The van der Waals surface area contributed by atoms with E-state index in [1.807, 2.05) is 24.5 Å². The molecular formula is C23H27N5S. The van der Waals surface area contributed by atoms with Gasteiger partial charge in [0, 0.05) is 30.3 Å². The maximum absolute atomic E-state index is 5.72. The summed E-state index contributed by atoms with van der Waals surface area (Å²) in [5, 5.41) is 4.32. The van der Waals surface area contributed by atoms with Crippen molar-refractivity contribution in [3.8, 4) is 5.82 Å². The second-order valence-electron chi connectivity index (χ2n) is 7.68. The van der Waals surface area contributed by atoms with Crippen LogP contribution in [-0.2, 0) is 0 Å². The van der Waals surface area contributed by atoms with E-state index in [1.54, 1.807) is 0 Å². The third kappa shape index (κ3) is 3.53. The Hall–Kier alpha value is -2.73. The molecule has 4 heterocycles.